The molecule has 0 unspecified atom stereocenters. The van der Waals surface area contributed by atoms with Crippen molar-refractivity contribution < 1.29 is 14.7 Å². The van der Waals surface area contributed by atoms with Crippen molar-refractivity contribution in [2.45, 2.75) is 6.42 Å². The molecule has 2 amide bonds. The number of amides is 2. The number of para-hydroxylation sites is 1. The number of fused-ring (bicyclic) bond motifs is 1. The molecule has 7 nitrogen and oxygen atoms in total. The molecule has 3 aromatic rings. The maximum Gasteiger partial charge on any atom is 0.234 e. The highest BCUT2D eigenvalue weighted by molar-refractivity contribution is 6.07. The minimum Gasteiger partial charge on any atom is -0.506 e. The van der Waals surface area contributed by atoms with E-state index < -0.39 is 11.8 Å². The molecule has 2 aromatic heterocycles. The molecule has 120 valence electrons. The van der Waals surface area contributed by atoms with E-state index in [1.165, 1.54) is 18.3 Å². The van der Waals surface area contributed by atoms with E-state index in [2.05, 4.69) is 20.6 Å². The van der Waals surface area contributed by atoms with Gasteiger partial charge in [-0.3, -0.25) is 9.59 Å². The summed E-state index contributed by atoms with van der Waals surface area (Å²) in [6.45, 7) is 0. The van der Waals surface area contributed by atoms with Gasteiger partial charge in [0.25, 0.3) is 0 Å². The van der Waals surface area contributed by atoms with Gasteiger partial charge in [0.15, 0.2) is 0 Å². The van der Waals surface area contributed by atoms with Gasteiger partial charge in [-0.25, -0.2) is 9.97 Å². The number of hydrogen-bond acceptors (Lipinski definition) is 5. The Morgan fingerprint density at radius 2 is 1.62 bits per heavy atom. The molecule has 7 heteroatoms. The summed E-state index contributed by atoms with van der Waals surface area (Å²) < 4.78 is 0. The molecule has 0 aliphatic heterocycles. The fourth-order valence-corrected chi connectivity index (χ4v) is 2.12. The van der Waals surface area contributed by atoms with E-state index in [0.29, 0.717) is 5.82 Å². The lowest BCUT2D eigenvalue weighted by Crippen LogP contribution is -2.22. The van der Waals surface area contributed by atoms with Crippen LogP contribution in [-0.4, -0.2) is 26.9 Å². The predicted octanol–water partition coefficient (Wildman–Crippen LogP) is 2.30. The predicted molar refractivity (Wildman–Crippen MR) is 89.5 cm³/mol. The summed E-state index contributed by atoms with van der Waals surface area (Å²) in [7, 11) is 0. The summed E-state index contributed by atoms with van der Waals surface area (Å²) in [6.07, 6.45) is 0.839. The summed E-state index contributed by atoms with van der Waals surface area (Å²) in [5.74, 6) is -0.350. The van der Waals surface area contributed by atoms with Gasteiger partial charge in [0, 0.05) is 5.39 Å². The molecule has 0 saturated heterocycles. The van der Waals surface area contributed by atoms with E-state index in [0.717, 1.165) is 10.9 Å². The van der Waals surface area contributed by atoms with Crippen molar-refractivity contribution in [1.29, 1.82) is 0 Å². The Morgan fingerprint density at radius 3 is 2.38 bits per heavy atom. The van der Waals surface area contributed by atoms with Crippen LogP contribution in [0.5, 0.6) is 5.75 Å². The Balaban J connectivity index is 1.59. The maximum absolute atomic E-state index is 11.9. The molecule has 0 saturated carbocycles. The number of aromatic hydroxyl groups is 1. The van der Waals surface area contributed by atoms with Crippen LogP contribution in [0.4, 0.5) is 11.6 Å². The molecule has 2 heterocycles. The van der Waals surface area contributed by atoms with Crippen molar-refractivity contribution in [3.63, 3.8) is 0 Å². The van der Waals surface area contributed by atoms with Gasteiger partial charge in [-0.1, -0.05) is 18.2 Å². The summed E-state index contributed by atoms with van der Waals surface area (Å²) >= 11 is 0. The highest BCUT2D eigenvalue weighted by Crippen LogP contribution is 2.15. The second kappa shape index (κ2) is 6.74. The number of rotatable bonds is 4. The van der Waals surface area contributed by atoms with Crippen LogP contribution in [0.25, 0.3) is 10.9 Å². The van der Waals surface area contributed by atoms with Crippen LogP contribution in [0.15, 0.2) is 54.7 Å². The second-order valence-electron chi connectivity index (χ2n) is 5.06. The number of benzene rings is 1. The molecule has 0 bridgehead atoms. The monoisotopic (exact) mass is 322 g/mol. The third-order valence-electron chi connectivity index (χ3n) is 3.20. The number of hydrogen-bond donors (Lipinski definition) is 3. The molecule has 0 fully saturated rings. The molecule has 1 aromatic carbocycles. The molecule has 0 spiro atoms. The molecular formula is C17H14N4O3. The first-order chi connectivity index (χ1) is 11.6. The highest BCUT2D eigenvalue weighted by atomic mass is 16.3. The van der Waals surface area contributed by atoms with E-state index in [1.54, 1.807) is 6.07 Å². The SMILES string of the molecule is O=C(CC(=O)Nc1ccc2ccccc2n1)Nc1ccc(O)cn1. The Kier molecular flexibility index (Phi) is 4.33. The largest absolute Gasteiger partial charge is 0.506 e. The molecule has 0 atom stereocenters. The molecule has 0 aliphatic rings. The second-order valence-corrected chi connectivity index (χ2v) is 5.06. The van der Waals surface area contributed by atoms with Crippen LogP contribution >= 0.6 is 0 Å². The average molecular weight is 322 g/mol. The third-order valence-corrected chi connectivity index (χ3v) is 3.20. The van der Waals surface area contributed by atoms with Gasteiger partial charge in [0.1, 0.15) is 23.8 Å². The number of carbonyl (C=O) groups excluding carboxylic acids is 2. The zero-order valence-corrected chi connectivity index (χ0v) is 12.6. The minimum atomic E-state index is -0.508. The summed E-state index contributed by atoms with van der Waals surface area (Å²) in [5, 5.41) is 15.2. The lowest BCUT2D eigenvalue weighted by atomic mass is 10.2. The number of nitrogens with one attached hydrogen (secondary N) is 2. The third kappa shape index (κ3) is 3.83. The summed E-state index contributed by atoms with van der Waals surface area (Å²) in [6, 6.07) is 13.9. The molecule has 3 rings (SSSR count). The van der Waals surface area contributed by atoms with Gasteiger partial charge < -0.3 is 15.7 Å². The highest BCUT2D eigenvalue weighted by Gasteiger charge is 2.11. The van der Waals surface area contributed by atoms with Crippen LogP contribution in [-0.2, 0) is 9.59 Å². The van der Waals surface area contributed by atoms with Gasteiger partial charge in [-0.2, -0.15) is 0 Å². The maximum atomic E-state index is 11.9. The van der Waals surface area contributed by atoms with E-state index >= 15 is 0 Å². The van der Waals surface area contributed by atoms with Gasteiger partial charge in [-0.05, 0) is 30.3 Å². The molecular weight excluding hydrogens is 308 g/mol. The van der Waals surface area contributed by atoms with E-state index in [1.807, 2.05) is 30.3 Å². The Morgan fingerprint density at radius 1 is 0.917 bits per heavy atom. The Labute approximate surface area is 137 Å². The van der Waals surface area contributed by atoms with E-state index in [9.17, 15) is 9.59 Å². The van der Waals surface area contributed by atoms with Crippen LogP contribution in [0.1, 0.15) is 6.42 Å². The number of aromatic nitrogens is 2. The topological polar surface area (TPSA) is 104 Å². The number of anilines is 2. The summed E-state index contributed by atoms with van der Waals surface area (Å²) in [5.41, 5.74) is 0.757. The van der Waals surface area contributed by atoms with E-state index in [-0.39, 0.29) is 18.0 Å². The fraction of sp³-hybridized carbons (Fsp3) is 0.0588. The van der Waals surface area contributed by atoms with Crippen molar-refractivity contribution >= 4 is 34.4 Å². The lowest BCUT2D eigenvalue weighted by Gasteiger charge is -2.06. The lowest BCUT2D eigenvalue weighted by molar-refractivity contribution is -0.123. The van der Waals surface area contributed by atoms with Crippen molar-refractivity contribution in [2.75, 3.05) is 10.6 Å². The number of nitrogens with zero attached hydrogens (tertiary/aromatic N) is 2. The normalized spacial score (nSPS) is 10.3. The number of carbonyl (C=O) groups is 2. The van der Waals surface area contributed by atoms with E-state index in [4.69, 9.17) is 5.11 Å². The smallest absolute Gasteiger partial charge is 0.234 e. The minimum absolute atomic E-state index is 0.00637. The molecule has 3 N–H and O–H groups in total. The molecule has 0 radical (unpaired) electrons. The van der Waals surface area contributed by atoms with Gasteiger partial charge in [0.2, 0.25) is 11.8 Å². The van der Waals surface area contributed by atoms with Crippen LogP contribution in [0.2, 0.25) is 0 Å². The zero-order valence-electron chi connectivity index (χ0n) is 12.6. The molecule has 0 aliphatic carbocycles. The van der Waals surface area contributed by atoms with Crippen LogP contribution < -0.4 is 10.6 Å². The van der Waals surface area contributed by atoms with Crippen LogP contribution in [0.3, 0.4) is 0 Å². The van der Waals surface area contributed by atoms with Crippen LogP contribution in [0, 0.1) is 0 Å². The number of pyridine rings is 2. The average Bonchev–Trinajstić information content (AvgIpc) is 2.56. The Bertz CT molecular complexity index is 894. The molecule has 24 heavy (non-hydrogen) atoms. The Hall–Kier alpha value is -3.48. The first-order valence-electron chi connectivity index (χ1n) is 7.21. The standard InChI is InChI=1S/C17H14N4O3/c22-12-6-8-14(18-10-12)20-16(23)9-17(24)21-15-7-5-11-3-1-2-4-13(11)19-15/h1-8,10,22H,9H2,(H,18,20,23)(H,19,21,24). The van der Waals surface area contributed by atoms with Gasteiger partial charge in [0.05, 0.1) is 11.7 Å². The van der Waals surface area contributed by atoms with Crippen molar-refractivity contribution in [3.05, 3.63) is 54.7 Å². The van der Waals surface area contributed by atoms with Crippen molar-refractivity contribution in [3.8, 4) is 5.75 Å². The zero-order chi connectivity index (χ0) is 16.9. The summed E-state index contributed by atoms with van der Waals surface area (Å²) in [4.78, 5) is 31.9. The fourth-order valence-electron chi connectivity index (χ4n) is 2.12. The first kappa shape index (κ1) is 15.4. The quantitative estimate of drug-likeness (QED) is 0.639. The van der Waals surface area contributed by atoms with Crippen molar-refractivity contribution in [1.82, 2.24) is 9.97 Å². The van der Waals surface area contributed by atoms with Gasteiger partial charge >= 0.3 is 0 Å². The first-order valence-corrected chi connectivity index (χ1v) is 7.21. The van der Waals surface area contributed by atoms with Crippen molar-refractivity contribution in [2.24, 2.45) is 0 Å². The van der Waals surface area contributed by atoms with Gasteiger partial charge in [-0.15, -0.1) is 0 Å².